The number of hydrogen-bond acceptors (Lipinski definition) is 3. The Kier molecular flexibility index (Phi) is 54.8. The number of nitrogens with one attached hydrogen (secondary N) is 1. The molecule has 0 aromatic heterocycles. The molecule has 0 fully saturated rings. The molecule has 0 aliphatic heterocycles. The molecule has 4 heteroatoms. The van der Waals surface area contributed by atoms with Crippen molar-refractivity contribution >= 4 is 5.91 Å². The summed E-state index contributed by atoms with van der Waals surface area (Å²) >= 11 is 0. The third-order valence-corrected chi connectivity index (χ3v) is 13.2. The quantitative estimate of drug-likeness (QED) is 0.0421. The molecule has 0 aromatic rings. The van der Waals surface area contributed by atoms with Gasteiger partial charge in [0, 0.05) is 6.42 Å². The van der Waals surface area contributed by atoms with Crippen LogP contribution < -0.4 is 5.32 Å². The zero-order valence-corrected chi connectivity index (χ0v) is 43.8. The molecule has 0 heterocycles. The van der Waals surface area contributed by atoms with Crippen LogP contribution in [0.3, 0.4) is 0 Å². The van der Waals surface area contributed by atoms with Crippen molar-refractivity contribution in [3.8, 4) is 0 Å². The normalized spacial score (nSPS) is 13.2. The fourth-order valence-corrected chi connectivity index (χ4v) is 8.77. The van der Waals surface area contributed by atoms with Crippen molar-refractivity contribution in [2.45, 2.75) is 315 Å². The number of carbonyl (C=O) groups excluding carboxylic acids is 1. The molecular weight excluding hydrogens is 795 g/mol. The summed E-state index contributed by atoms with van der Waals surface area (Å²) in [6.07, 6.45) is 79.6. The van der Waals surface area contributed by atoms with Gasteiger partial charge < -0.3 is 15.5 Å². The lowest BCUT2D eigenvalue weighted by Gasteiger charge is -2.19. The van der Waals surface area contributed by atoms with Gasteiger partial charge in [-0.05, 0) is 77.0 Å². The monoisotopic (exact) mass is 908 g/mol. The molecule has 380 valence electrons. The predicted molar refractivity (Wildman–Crippen MR) is 290 cm³/mol. The van der Waals surface area contributed by atoms with E-state index in [1.54, 1.807) is 6.08 Å². The molecule has 0 radical (unpaired) electrons. The summed E-state index contributed by atoms with van der Waals surface area (Å²) in [7, 11) is 0. The van der Waals surface area contributed by atoms with Crippen molar-refractivity contribution in [2.75, 3.05) is 6.61 Å². The molecule has 1 amide bonds. The van der Waals surface area contributed by atoms with Crippen LogP contribution in [0.5, 0.6) is 0 Å². The molecule has 4 nitrogen and oxygen atoms in total. The summed E-state index contributed by atoms with van der Waals surface area (Å²) in [5.74, 6) is -0.0746. The Morgan fingerprint density at radius 2 is 0.646 bits per heavy atom. The van der Waals surface area contributed by atoms with Crippen LogP contribution in [0, 0.1) is 0 Å². The average Bonchev–Trinajstić information content (AvgIpc) is 3.31. The number of rotatable bonds is 53. The Hall–Kier alpha value is -1.91. The molecule has 0 rings (SSSR count). The minimum Gasteiger partial charge on any atom is -0.394 e. The fraction of sp³-hybridized carbons (Fsp3) is 0.820. The van der Waals surface area contributed by atoms with E-state index in [1.807, 2.05) is 6.08 Å². The first-order chi connectivity index (χ1) is 32.2. The van der Waals surface area contributed by atoms with Gasteiger partial charge in [0.15, 0.2) is 0 Å². The Morgan fingerprint density at radius 3 is 0.985 bits per heavy atom. The molecular formula is C61H113NO3. The Labute approximate surface area is 406 Å². The molecule has 2 unspecified atom stereocenters. The lowest BCUT2D eigenvalue weighted by molar-refractivity contribution is -0.123. The van der Waals surface area contributed by atoms with Crippen molar-refractivity contribution in [1.82, 2.24) is 5.32 Å². The third-order valence-electron chi connectivity index (χ3n) is 13.2. The minimum atomic E-state index is -0.872. The van der Waals surface area contributed by atoms with Gasteiger partial charge in [-0.3, -0.25) is 4.79 Å². The number of amides is 1. The van der Waals surface area contributed by atoms with Crippen LogP contribution in [0.25, 0.3) is 0 Å². The van der Waals surface area contributed by atoms with Gasteiger partial charge in [0.2, 0.25) is 5.91 Å². The van der Waals surface area contributed by atoms with Crippen LogP contribution >= 0.6 is 0 Å². The van der Waals surface area contributed by atoms with E-state index in [9.17, 15) is 15.0 Å². The van der Waals surface area contributed by atoms with E-state index in [2.05, 4.69) is 67.8 Å². The van der Waals surface area contributed by atoms with Crippen LogP contribution in [0.15, 0.2) is 60.8 Å². The fourth-order valence-electron chi connectivity index (χ4n) is 8.77. The zero-order chi connectivity index (χ0) is 47.0. The first-order valence-corrected chi connectivity index (χ1v) is 29.0. The molecule has 0 spiro atoms. The maximum absolute atomic E-state index is 12.5. The molecule has 0 aliphatic carbocycles. The van der Waals surface area contributed by atoms with Gasteiger partial charge in [0.1, 0.15) is 0 Å². The van der Waals surface area contributed by atoms with Gasteiger partial charge >= 0.3 is 0 Å². The molecule has 0 aliphatic rings. The second kappa shape index (κ2) is 56.4. The standard InChI is InChI=1S/C61H113NO3/c1-3-5-7-9-11-13-15-17-19-21-23-25-27-28-29-30-31-32-33-34-35-37-39-41-43-45-47-49-51-53-55-57-61(65)62-59(58-63)60(64)56-54-52-50-48-46-44-42-40-38-36-26-24-22-20-18-16-14-12-10-8-6-4-2/h15,17,21,23,38,40,46,48,54,56,59-60,63-64H,3-14,16,18-20,22,24-37,39,41-45,47,49-53,55,57-58H2,1-2H3,(H,62,65)/b17-15-,23-21-,40-38+,48-46+,56-54+. The number of unbranched alkanes of at least 4 members (excludes halogenated alkanes) is 38. The van der Waals surface area contributed by atoms with Crippen molar-refractivity contribution in [1.29, 1.82) is 0 Å². The van der Waals surface area contributed by atoms with Crippen LogP contribution in [-0.4, -0.2) is 34.9 Å². The van der Waals surface area contributed by atoms with Gasteiger partial charge in [-0.1, -0.05) is 280 Å². The van der Waals surface area contributed by atoms with Gasteiger partial charge in [-0.2, -0.15) is 0 Å². The second-order valence-corrected chi connectivity index (χ2v) is 19.7. The molecule has 0 saturated heterocycles. The highest BCUT2D eigenvalue weighted by atomic mass is 16.3. The topological polar surface area (TPSA) is 69.6 Å². The molecule has 0 saturated carbocycles. The number of hydrogen-bond donors (Lipinski definition) is 3. The summed E-state index contributed by atoms with van der Waals surface area (Å²) in [5.41, 5.74) is 0. The van der Waals surface area contributed by atoms with E-state index in [0.717, 1.165) is 44.9 Å². The predicted octanol–water partition coefficient (Wildman–Crippen LogP) is 19.2. The summed E-state index contributed by atoms with van der Waals surface area (Å²) in [6, 6.07) is -0.647. The minimum absolute atomic E-state index is 0.0746. The SMILES string of the molecule is CCCCCCC/C=C\C/C=C\CCCCCCCCCCCCCCCCCCCCCC(=O)NC(CO)C(O)/C=C/CC/C=C/CC/C=C/CCCCCCCCCCCCCC. The second-order valence-electron chi connectivity index (χ2n) is 19.7. The Bertz CT molecular complexity index is 1070. The number of allylic oxidation sites excluding steroid dienone is 9. The number of aliphatic hydroxyl groups is 2. The zero-order valence-electron chi connectivity index (χ0n) is 43.8. The summed E-state index contributed by atoms with van der Waals surface area (Å²) in [4.78, 5) is 12.5. The Balaban J connectivity index is 3.52. The highest BCUT2D eigenvalue weighted by Crippen LogP contribution is 2.17. The summed E-state index contributed by atoms with van der Waals surface area (Å²) in [6.45, 7) is 4.31. The summed E-state index contributed by atoms with van der Waals surface area (Å²) in [5, 5.41) is 23.1. The first kappa shape index (κ1) is 63.1. The maximum Gasteiger partial charge on any atom is 0.220 e. The van der Waals surface area contributed by atoms with E-state index < -0.39 is 12.1 Å². The van der Waals surface area contributed by atoms with E-state index in [-0.39, 0.29) is 12.5 Å². The lowest BCUT2D eigenvalue weighted by atomic mass is 10.0. The van der Waals surface area contributed by atoms with Crippen LogP contribution in [0.2, 0.25) is 0 Å². The number of aliphatic hydroxyl groups excluding tert-OH is 2. The molecule has 0 bridgehead atoms. The largest absolute Gasteiger partial charge is 0.394 e. The van der Waals surface area contributed by atoms with Crippen LogP contribution in [0.1, 0.15) is 303 Å². The molecule has 65 heavy (non-hydrogen) atoms. The van der Waals surface area contributed by atoms with Gasteiger partial charge in [0.05, 0.1) is 18.8 Å². The highest BCUT2D eigenvalue weighted by Gasteiger charge is 2.18. The highest BCUT2D eigenvalue weighted by molar-refractivity contribution is 5.76. The average molecular weight is 909 g/mol. The van der Waals surface area contributed by atoms with Crippen LogP contribution in [0.4, 0.5) is 0 Å². The molecule has 3 N–H and O–H groups in total. The first-order valence-electron chi connectivity index (χ1n) is 29.0. The van der Waals surface area contributed by atoms with E-state index in [0.29, 0.717) is 6.42 Å². The lowest BCUT2D eigenvalue weighted by Crippen LogP contribution is -2.45. The van der Waals surface area contributed by atoms with E-state index >= 15 is 0 Å². The van der Waals surface area contributed by atoms with E-state index in [4.69, 9.17) is 0 Å². The van der Waals surface area contributed by atoms with E-state index in [1.165, 1.54) is 238 Å². The Morgan fingerprint density at radius 1 is 0.369 bits per heavy atom. The van der Waals surface area contributed by atoms with Gasteiger partial charge in [-0.25, -0.2) is 0 Å². The molecule has 2 atom stereocenters. The van der Waals surface area contributed by atoms with Crippen molar-refractivity contribution in [2.24, 2.45) is 0 Å². The van der Waals surface area contributed by atoms with Crippen molar-refractivity contribution < 1.29 is 15.0 Å². The smallest absolute Gasteiger partial charge is 0.220 e. The maximum atomic E-state index is 12.5. The molecule has 0 aromatic carbocycles. The third kappa shape index (κ3) is 52.9. The number of carbonyl (C=O) groups is 1. The van der Waals surface area contributed by atoms with Crippen molar-refractivity contribution in [3.05, 3.63) is 60.8 Å². The van der Waals surface area contributed by atoms with Gasteiger partial charge in [0.25, 0.3) is 0 Å². The van der Waals surface area contributed by atoms with Gasteiger partial charge in [-0.15, -0.1) is 0 Å². The summed E-state index contributed by atoms with van der Waals surface area (Å²) < 4.78 is 0. The van der Waals surface area contributed by atoms with Crippen LogP contribution in [-0.2, 0) is 4.79 Å². The van der Waals surface area contributed by atoms with Crippen molar-refractivity contribution in [3.63, 3.8) is 0 Å².